The predicted octanol–water partition coefficient (Wildman–Crippen LogP) is 3.51. The van der Waals surface area contributed by atoms with E-state index >= 15 is 0 Å². The van der Waals surface area contributed by atoms with Gasteiger partial charge in [0, 0.05) is 16.5 Å². The van der Waals surface area contributed by atoms with Crippen molar-refractivity contribution in [3.8, 4) is 5.69 Å². The number of benzene rings is 2. The number of aromatic nitrogens is 2. The smallest absolute Gasteiger partial charge is 0.280 e. The molecule has 144 valence electrons. The largest absolute Gasteiger partial charge is 0.295 e. The highest BCUT2D eigenvalue weighted by atomic mass is 35.5. The molecule has 0 saturated carbocycles. The Morgan fingerprint density at radius 2 is 1.93 bits per heavy atom. The molecule has 0 bridgehead atoms. The maximum Gasteiger partial charge on any atom is 0.280 e. The fourth-order valence-electron chi connectivity index (χ4n) is 2.51. The van der Waals surface area contributed by atoms with Crippen molar-refractivity contribution in [3.05, 3.63) is 86.8 Å². The van der Waals surface area contributed by atoms with Gasteiger partial charge in [0.2, 0.25) is 5.91 Å². The van der Waals surface area contributed by atoms with E-state index in [0.717, 1.165) is 11.3 Å². The van der Waals surface area contributed by atoms with Crippen LogP contribution in [0.2, 0.25) is 5.02 Å². The number of carbonyl (C=O) groups excluding carboxylic acids is 1. The van der Waals surface area contributed by atoms with Crippen molar-refractivity contribution in [2.24, 2.45) is 5.10 Å². The maximum absolute atomic E-state index is 12.5. The first-order valence-electron chi connectivity index (χ1n) is 8.56. The number of aromatic amines is 1. The van der Waals surface area contributed by atoms with Crippen LogP contribution in [-0.4, -0.2) is 27.7 Å². The third-order valence-corrected chi connectivity index (χ3v) is 5.19. The monoisotopic (exact) mass is 414 g/mol. The van der Waals surface area contributed by atoms with Gasteiger partial charge in [-0.15, -0.1) is 11.8 Å². The molecule has 2 N–H and O–H groups in total. The number of carbonyl (C=O) groups is 1. The Bertz CT molecular complexity index is 1030. The van der Waals surface area contributed by atoms with E-state index in [1.807, 2.05) is 54.6 Å². The van der Waals surface area contributed by atoms with Crippen LogP contribution in [0.5, 0.6) is 0 Å². The standard InChI is InChI=1S/C20H19ClN4O2S/c1-14-18(20(27)25(24-14)17-5-3-2-4-6-17)11-22-23-19(26)13-28-12-15-7-9-16(21)10-8-15/h2-11,24H,12-13H2,1H3,(H,23,26)/b22-11-. The third kappa shape index (κ3) is 5.15. The normalized spacial score (nSPS) is 11.1. The summed E-state index contributed by atoms with van der Waals surface area (Å²) in [5.41, 5.74) is 5.13. The number of para-hydroxylation sites is 1. The molecule has 28 heavy (non-hydrogen) atoms. The predicted molar refractivity (Wildman–Crippen MR) is 114 cm³/mol. The summed E-state index contributed by atoms with van der Waals surface area (Å²) >= 11 is 7.32. The molecule has 0 aliphatic rings. The van der Waals surface area contributed by atoms with Crippen LogP contribution in [0.4, 0.5) is 0 Å². The van der Waals surface area contributed by atoms with Gasteiger partial charge in [-0.05, 0) is 36.8 Å². The molecule has 1 amide bonds. The second-order valence-electron chi connectivity index (χ2n) is 6.04. The number of halogens is 1. The lowest BCUT2D eigenvalue weighted by molar-refractivity contribution is -0.118. The molecule has 0 saturated heterocycles. The first-order valence-corrected chi connectivity index (χ1v) is 10.1. The van der Waals surface area contributed by atoms with Gasteiger partial charge in [-0.2, -0.15) is 5.10 Å². The lowest BCUT2D eigenvalue weighted by Gasteiger charge is -2.01. The number of amides is 1. The van der Waals surface area contributed by atoms with Crippen LogP contribution in [0.3, 0.4) is 0 Å². The Morgan fingerprint density at radius 3 is 2.64 bits per heavy atom. The first kappa shape index (κ1) is 20.0. The number of hydrazone groups is 1. The zero-order chi connectivity index (χ0) is 19.9. The lowest BCUT2D eigenvalue weighted by Crippen LogP contribution is -2.21. The van der Waals surface area contributed by atoms with Crippen LogP contribution in [0.25, 0.3) is 5.69 Å². The Kier molecular flexibility index (Phi) is 6.73. The minimum absolute atomic E-state index is 0.223. The number of aryl methyl sites for hydroxylation is 1. The number of thioether (sulfide) groups is 1. The molecule has 3 aromatic rings. The van der Waals surface area contributed by atoms with E-state index in [1.54, 1.807) is 6.92 Å². The number of rotatable bonds is 7. The number of nitrogens with zero attached hydrogens (tertiary/aromatic N) is 2. The molecule has 1 heterocycles. The van der Waals surface area contributed by atoms with Crippen molar-refractivity contribution in [2.75, 3.05) is 5.75 Å². The fourth-order valence-corrected chi connectivity index (χ4v) is 3.42. The van der Waals surface area contributed by atoms with Crippen molar-refractivity contribution < 1.29 is 4.79 Å². The van der Waals surface area contributed by atoms with E-state index in [9.17, 15) is 9.59 Å². The Balaban J connectivity index is 1.54. The molecule has 3 rings (SSSR count). The van der Waals surface area contributed by atoms with Gasteiger partial charge in [0.1, 0.15) is 0 Å². The summed E-state index contributed by atoms with van der Waals surface area (Å²) in [6.45, 7) is 1.78. The minimum Gasteiger partial charge on any atom is -0.295 e. The number of hydrogen-bond acceptors (Lipinski definition) is 4. The Labute approximate surface area is 171 Å². The van der Waals surface area contributed by atoms with E-state index < -0.39 is 0 Å². The average Bonchev–Trinajstić information content (AvgIpc) is 2.98. The summed E-state index contributed by atoms with van der Waals surface area (Å²) in [5, 5.41) is 7.62. The first-order chi connectivity index (χ1) is 13.5. The van der Waals surface area contributed by atoms with Gasteiger partial charge in [0.15, 0.2) is 0 Å². The molecule has 2 aromatic carbocycles. The van der Waals surface area contributed by atoms with Gasteiger partial charge in [0.25, 0.3) is 5.56 Å². The van der Waals surface area contributed by atoms with Crippen LogP contribution in [0.1, 0.15) is 16.8 Å². The van der Waals surface area contributed by atoms with Crippen molar-refractivity contribution >= 4 is 35.5 Å². The lowest BCUT2D eigenvalue weighted by atomic mass is 10.2. The van der Waals surface area contributed by atoms with Crippen LogP contribution >= 0.6 is 23.4 Å². The average molecular weight is 415 g/mol. The molecule has 6 nitrogen and oxygen atoms in total. The van der Waals surface area contributed by atoms with Crippen LogP contribution in [0, 0.1) is 6.92 Å². The van der Waals surface area contributed by atoms with Crippen molar-refractivity contribution in [1.82, 2.24) is 15.2 Å². The van der Waals surface area contributed by atoms with Gasteiger partial charge >= 0.3 is 0 Å². The van der Waals surface area contributed by atoms with Gasteiger partial charge in [-0.1, -0.05) is 41.9 Å². The molecule has 0 aliphatic carbocycles. The molecule has 0 atom stereocenters. The highest BCUT2D eigenvalue weighted by Crippen LogP contribution is 2.15. The molecule has 0 spiro atoms. The SMILES string of the molecule is Cc1[nH]n(-c2ccccc2)c(=O)c1/C=N\NC(=O)CSCc1ccc(Cl)cc1. The number of nitrogens with one attached hydrogen (secondary N) is 2. The van der Waals surface area contributed by atoms with Crippen LogP contribution < -0.4 is 11.0 Å². The Morgan fingerprint density at radius 1 is 1.21 bits per heavy atom. The van der Waals surface area contributed by atoms with E-state index in [1.165, 1.54) is 22.7 Å². The van der Waals surface area contributed by atoms with Crippen molar-refractivity contribution in [2.45, 2.75) is 12.7 Å². The summed E-state index contributed by atoms with van der Waals surface area (Å²) in [6, 6.07) is 16.8. The summed E-state index contributed by atoms with van der Waals surface area (Å²) in [6.07, 6.45) is 1.37. The highest BCUT2D eigenvalue weighted by Gasteiger charge is 2.10. The summed E-state index contributed by atoms with van der Waals surface area (Å²) in [4.78, 5) is 24.4. The van der Waals surface area contributed by atoms with E-state index in [4.69, 9.17) is 11.6 Å². The molecule has 0 unspecified atom stereocenters. The van der Waals surface area contributed by atoms with Crippen LogP contribution in [-0.2, 0) is 10.5 Å². The van der Waals surface area contributed by atoms with Gasteiger partial charge < -0.3 is 0 Å². The highest BCUT2D eigenvalue weighted by molar-refractivity contribution is 7.99. The quantitative estimate of drug-likeness (QED) is 0.458. The van der Waals surface area contributed by atoms with E-state index in [2.05, 4.69) is 15.6 Å². The molecule has 0 fully saturated rings. The van der Waals surface area contributed by atoms with E-state index in [0.29, 0.717) is 22.0 Å². The zero-order valence-electron chi connectivity index (χ0n) is 15.2. The second kappa shape index (κ2) is 9.43. The summed E-state index contributed by atoms with van der Waals surface area (Å²) < 4.78 is 1.44. The fraction of sp³-hybridized carbons (Fsp3) is 0.150. The third-order valence-electron chi connectivity index (χ3n) is 3.93. The van der Waals surface area contributed by atoms with Gasteiger partial charge in [-0.25, -0.2) is 10.1 Å². The molecule has 0 radical (unpaired) electrons. The molecule has 0 aliphatic heterocycles. The van der Waals surface area contributed by atoms with Crippen molar-refractivity contribution in [3.63, 3.8) is 0 Å². The van der Waals surface area contributed by atoms with Crippen molar-refractivity contribution in [1.29, 1.82) is 0 Å². The topological polar surface area (TPSA) is 79.2 Å². The summed E-state index contributed by atoms with van der Waals surface area (Å²) in [5.74, 6) is 0.736. The maximum atomic E-state index is 12.5. The zero-order valence-corrected chi connectivity index (χ0v) is 16.8. The molecular weight excluding hydrogens is 396 g/mol. The van der Waals surface area contributed by atoms with Gasteiger partial charge in [-0.3, -0.25) is 14.7 Å². The number of H-pyrrole nitrogens is 1. The van der Waals surface area contributed by atoms with Crippen LogP contribution in [0.15, 0.2) is 64.5 Å². The Hall–Kier alpha value is -2.77. The number of hydrogen-bond donors (Lipinski definition) is 2. The van der Waals surface area contributed by atoms with Gasteiger partial charge in [0.05, 0.1) is 23.2 Å². The molecule has 8 heteroatoms. The molecular formula is C20H19ClN4O2S. The second-order valence-corrected chi connectivity index (χ2v) is 7.46. The summed E-state index contributed by atoms with van der Waals surface area (Å²) in [7, 11) is 0. The van der Waals surface area contributed by atoms with E-state index in [-0.39, 0.29) is 17.2 Å². The molecule has 1 aromatic heterocycles. The minimum atomic E-state index is -0.230.